The van der Waals surface area contributed by atoms with Gasteiger partial charge in [0.15, 0.2) is 5.69 Å². The number of nitriles is 1. The average molecular weight is 311 g/mol. The first-order valence-electron chi connectivity index (χ1n) is 6.10. The van der Waals surface area contributed by atoms with Crippen LogP contribution in [0.3, 0.4) is 0 Å². The smallest absolute Gasteiger partial charge is 0.272 e. The van der Waals surface area contributed by atoms with E-state index in [-0.39, 0.29) is 11.9 Å². The van der Waals surface area contributed by atoms with E-state index in [0.29, 0.717) is 12.1 Å². The van der Waals surface area contributed by atoms with Crippen LogP contribution in [0, 0.1) is 11.3 Å². The second-order valence-corrected chi connectivity index (χ2v) is 5.11. The van der Waals surface area contributed by atoms with Gasteiger partial charge in [-0.15, -0.1) is 0 Å². The number of imidazole rings is 1. The number of hydrogen-bond donors (Lipinski definition) is 1. The molecule has 1 N–H and O–H groups in total. The van der Waals surface area contributed by atoms with Crippen molar-refractivity contribution in [2.24, 2.45) is 0 Å². The molecule has 1 aliphatic heterocycles. The number of carbonyl (C=O) groups is 1. The van der Waals surface area contributed by atoms with Gasteiger partial charge in [-0.25, -0.2) is 4.98 Å². The van der Waals surface area contributed by atoms with Gasteiger partial charge in [0.2, 0.25) is 0 Å². The van der Waals surface area contributed by atoms with Crippen molar-refractivity contribution >= 4 is 21.8 Å². The van der Waals surface area contributed by atoms with Gasteiger partial charge < -0.3 is 9.88 Å². The second-order valence-electron chi connectivity index (χ2n) is 4.36. The van der Waals surface area contributed by atoms with Crippen LogP contribution < -0.4 is 5.32 Å². The molecule has 0 saturated heterocycles. The van der Waals surface area contributed by atoms with Crippen LogP contribution in [0.4, 0.5) is 0 Å². The molecule has 1 aliphatic rings. The number of nitrogens with zero attached hydrogens (tertiary/aromatic N) is 3. The number of hydrogen-bond acceptors (Lipinski definition) is 3. The molecular weight excluding hydrogens is 296 g/mol. The van der Waals surface area contributed by atoms with Crippen LogP contribution in [0.5, 0.6) is 0 Å². The number of aromatic nitrogens is 2. The van der Waals surface area contributed by atoms with Crippen molar-refractivity contribution in [1.29, 1.82) is 5.26 Å². The first kappa shape index (κ1) is 13.1. The highest BCUT2D eigenvalue weighted by Gasteiger charge is 2.24. The molecule has 1 unspecified atom stereocenters. The summed E-state index contributed by atoms with van der Waals surface area (Å²) >= 11 is 3.43. The summed E-state index contributed by atoms with van der Waals surface area (Å²) in [7, 11) is 0. The van der Waals surface area contributed by atoms with Gasteiger partial charge in [0.1, 0.15) is 10.4 Å². The molecule has 0 aromatic carbocycles. The van der Waals surface area contributed by atoms with Gasteiger partial charge in [-0.2, -0.15) is 5.26 Å². The molecule has 0 bridgehead atoms. The Balaban J connectivity index is 2.12. The summed E-state index contributed by atoms with van der Waals surface area (Å²) in [5, 5.41) is 11.5. The van der Waals surface area contributed by atoms with E-state index in [9.17, 15) is 4.79 Å². The average Bonchev–Trinajstić information content (AvgIpc) is 2.92. The first-order chi connectivity index (χ1) is 8.67. The molecule has 1 atom stereocenters. The fraction of sp³-hybridized carbons (Fsp3) is 0.583. The highest BCUT2D eigenvalue weighted by atomic mass is 79.9. The zero-order valence-electron chi connectivity index (χ0n) is 10.2. The molecule has 0 radical (unpaired) electrons. The van der Waals surface area contributed by atoms with Crippen molar-refractivity contribution in [2.45, 2.75) is 45.2 Å². The Bertz CT molecular complexity index is 503. The zero-order chi connectivity index (χ0) is 13.1. The predicted octanol–water partition coefficient (Wildman–Crippen LogP) is 2.01. The number of rotatable bonds is 4. The molecule has 0 saturated carbocycles. The van der Waals surface area contributed by atoms with Crippen LogP contribution in [-0.4, -0.2) is 21.5 Å². The molecule has 1 aromatic rings. The monoisotopic (exact) mass is 310 g/mol. The molecule has 0 aliphatic carbocycles. The lowest BCUT2D eigenvalue weighted by Gasteiger charge is -2.12. The molecule has 5 nitrogen and oxygen atoms in total. The standard InChI is InChI=1S/C12H15BrN4O/c1-2-8(5-6-14)15-12(18)10-11(13)17-7-3-4-9(17)16-10/h8H,2-5,7H2,1H3,(H,15,18). The Morgan fingerprint density at radius 2 is 2.50 bits per heavy atom. The fourth-order valence-corrected chi connectivity index (χ4v) is 2.75. The van der Waals surface area contributed by atoms with Crippen LogP contribution in [0.15, 0.2) is 4.60 Å². The van der Waals surface area contributed by atoms with Crippen molar-refractivity contribution in [3.8, 4) is 6.07 Å². The van der Waals surface area contributed by atoms with Crippen molar-refractivity contribution < 1.29 is 4.79 Å². The van der Waals surface area contributed by atoms with E-state index in [2.05, 4.69) is 32.3 Å². The summed E-state index contributed by atoms with van der Waals surface area (Å²) in [6, 6.07) is 1.97. The summed E-state index contributed by atoms with van der Waals surface area (Å²) in [4.78, 5) is 16.4. The SMILES string of the molecule is CCC(CC#N)NC(=O)c1nc2n(c1Br)CCC2. The lowest BCUT2D eigenvalue weighted by Crippen LogP contribution is -2.34. The van der Waals surface area contributed by atoms with Crippen molar-refractivity contribution in [3.63, 3.8) is 0 Å². The van der Waals surface area contributed by atoms with Gasteiger partial charge in [0.25, 0.3) is 5.91 Å². The number of carbonyl (C=O) groups excluding carboxylic acids is 1. The van der Waals surface area contributed by atoms with Crippen molar-refractivity contribution in [2.75, 3.05) is 0 Å². The Labute approximate surface area is 114 Å². The lowest BCUT2D eigenvalue weighted by atomic mass is 10.1. The molecule has 2 rings (SSSR count). The summed E-state index contributed by atoms with van der Waals surface area (Å²) in [5.41, 5.74) is 0.432. The van der Waals surface area contributed by atoms with Gasteiger partial charge in [0, 0.05) is 19.0 Å². The van der Waals surface area contributed by atoms with Crippen LogP contribution in [0.1, 0.15) is 42.5 Å². The van der Waals surface area contributed by atoms with Gasteiger partial charge in [-0.3, -0.25) is 4.79 Å². The maximum absolute atomic E-state index is 12.1. The van der Waals surface area contributed by atoms with E-state index in [0.717, 1.165) is 36.2 Å². The van der Waals surface area contributed by atoms with Crippen LogP contribution in [-0.2, 0) is 13.0 Å². The van der Waals surface area contributed by atoms with E-state index in [1.54, 1.807) is 0 Å². The minimum absolute atomic E-state index is 0.106. The number of amides is 1. The molecule has 0 spiro atoms. The number of nitrogens with one attached hydrogen (secondary N) is 1. The molecule has 6 heteroatoms. The van der Waals surface area contributed by atoms with E-state index < -0.39 is 0 Å². The molecule has 1 amide bonds. The highest BCUT2D eigenvalue weighted by Crippen LogP contribution is 2.24. The third-order valence-electron chi connectivity index (χ3n) is 3.15. The number of aryl methyl sites for hydroxylation is 1. The van der Waals surface area contributed by atoms with Crippen molar-refractivity contribution in [3.05, 3.63) is 16.1 Å². The minimum atomic E-state index is -0.203. The van der Waals surface area contributed by atoms with Crippen LogP contribution in [0.25, 0.3) is 0 Å². The molecule has 0 fully saturated rings. The maximum Gasteiger partial charge on any atom is 0.272 e. The zero-order valence-corrected chi connectivity index (χ0v) is 11.8. The van der Waals surface area contributed by atoms with E-state index in [1.165, 1.54) is 0 Å². The molecule has 1 aromatic heterocycles. The highest BCUT2D eigenvalue weighted by molar-refractivity contribution is 9.10. The fourth-order valence-electron chi connectivity index (χ4n) is 2.10. The lowest BCUT2D eigenvalue weighted by molar-refractivity contribution is 0.0931. The normalized spacial score (nSPS) is 14.9. The Kier molecular flexibility index (Phi) is 4.02. The van der Waals surface area contributed by atoms with Gasteiger partial charge in [0.05, 0.1) is 12.5 Å². The maximum atomic E-state index is 12.1. The topological polar surface area (TPSA) is 70.7 Å². The molecule has 96 valence electrons. The van der Waals surface area contributed by atoms with Gasteiger partial charge >= 0.3 is 0 Å². The van der Waals surface area contributed by atoms with E-state index >= 15 is 0 Å². The molecule has 18 heavy (non-hydrogen) atoms. The van der Waals surface area contributed by atoms with Gasteiger partial charge in [-0.05, 0) is 28.8 Å². The quantitative estimate of drug-likeness (QED) is 0.924. The summed E-state index contributed by atoms with van der Waals surface area (Å²) in [6.07, 6.45) is 3.06. The summed E-state index contributed by atoms with van der Waals surface area (Å²) in [5.74, 6) is 0.756. The Hall–Kier alpha value is -1.35. The summed E-state index contributed by atoms with van der Waals surface area (Å²) in [6.45, 7) is 2.86. The van der Waals surface area contributed by atoms with Crippen molar-refractivity contribution in [1.82, 2.24) is 14.9 Å². The van der Waals surface area contributed by atoms with Crippen LogP contribution in [0.2, 0.25) is 0 Å². The third-order valence-corrected chi connectivity index (χ3v) is 3.95. The predicted molar refractivity (Wildman–Crippen MR) is 70.0 cm³/mol. The van der Waals surface area contributed by atoms with Gasteiger partial charge in [-0.1, -0.05) is 6.92 Å². The number of fused-ring (bicyclic) bond motifs is 1. The third kappa shape index (κ3) is 2.41. The number of halogens is 1. The van der Waals surface area contributed by atoms with E-state index in [4.69, 9.17) is 5.26 Å². The Morgan fingerprint density at radius 1 is 1.72 bits per heavy atom. The Morgan fingerprint density at radius 3 is 3.11 bits per heavy atom. The largest absolute Gasteiger partial charge is 0.347 e. The summed E-state index contributed by atoms with van der Waals surface area (Å²) < 4.78 is 2.78. The minimum Gasteiger partial charge on any atom is -0.347 e. The molecular formula is C12H15BrN4O. The first-order valence-corrected chi connectivity index (χ1v) is 6.89. The van der Waals surface area contributed by atoms with Crippen LogP contribution >= 0.6 is 15.9 Å². The van der Waals surface area contributed by atoms with E-state index in [1.807, 2.05) is 11.5 Å². The second kappa shape index (κ2) is 5.53. The molecule has 2 heterocycles.